The molecule has 0 radical (unpaired) electrons. The Bertz CT molecular complexity index is 240. The van der Waals surface area contributed by atoms with Crippen LogP contribution in [0.1, 0.15) is 47.0 Å². The summed E-state index contributed by atoms with van der Waals surface area (Å²) in [6.45, 7) is 11.5. The lowest BCUT2D eigenvalue weighted by Gasteiger charge is -2.39. The Morgan fingerprint density at radius 2 is 2.12 bits per heavy atom. The molecule has 1 heterocycles. The second-order valence-corrected chi connectivity index (χ2v) is 5.56. The lowest BCUT2D eigenvalue weighted by atomic mass is 9.89. The standard InChI is InChI=1S/C14H28N2O/c1-5-12-10-16(14(17)9-11(3)4)8-7-13(12)15-6-2/h11-13,15H,5-10H2,1-4H3. The molecule has 1 saturated heterocycles. The van der Waals surface area contributed by atoms with E-state index in [0.29, 0.717) is 30.2 Å². The molecule has 1 amide bonds. The molecule has 2 atom stereocenters. The molecule has 1 aliphatic rings. The molecule has 0 aliphatic carbocycles. The first-order chi connectivity index (χ1) is 8.08. The summed E-state index contributed by atoms with van der Waals surface area (Å²) >= 11 is 0. The molecule has 1 aliphatic heterocycles. The van der Waals surface area contributed by atoms with Crippen molar-refractivity contribution in [2.24, 2.45) is 11.8 Å². The van der Waals surface area contributed by atoms with E-state index in [1.165, 1.54) is 0 Å². The summed E-state index contributed by atoms with van der Waals surface area (Å²) in [6, 6.07) is 0.605. The van der Waals surface area contributed by atoms with Crippen molar-refractivity contribution in [3.8, 4) is 0 Å². The highest BCUT2D eigenvalue weighted by Gasteiger charge is 2.29. The molecule has 0 spiro atoms. The highest BCUT2D eigenvalue weighted by molar-refractivity contribution is 5.76. The number of nitrogens with one attached hydrogen (secondary N) is 1. The third-order valence-electron chi connectivity index (χ3n) is 3.66. The number of likely N-dealkylation sites (tertiary alicyclic amines) is 1. The molecule has 100 valence electrons. The van der Waals surface area contributed by atoms with Crippen molar-refractivity contribution in [1.29, 1.82) is 0 Å². The number of amides is 1. The zero-order valence-electron chi connectivity index (χ0n) is 11.8. The number of hydrogen-bond acceptors (Lipinski definition) is 2. The summed E-state index contributed by atoms with van der Waals surface area (Å²) in [5.41, 5.74) is 0. The van der Waals surface area contributed by atoms with E-state index >= 15 is 0 Å². The third kappa shape index (κ3) is 4.30. The van der Waals surface area contributed by atoms with Crippen molar-refractivity contribution in [3.63, 3.8) is 0 Å². The molecule has 1 fully saturated rings. The fourth-order valence-corrected chi connectivity index (χ4v) is 2.68. The third-order valence-corrected chi connectivity index (χ3v) is 3.66. The lowest BCUT2D eigenvalue weighted by Crippen LogP contribution is -2.51. The minimum Gasteiger partial charge on any atom is -0.342 e. The van der Waals surface area contributed by atoms with Crippen molar-refractivity contribution in [2.75, 3.05) is 19.6 Å². The summed E-state index contributed by atoms with van der Waals surface area (Å²) in [4.78, 5) is 14.1. The molecule has 2 unspecified atom stereocenters. The Labute approximate surface area is 106 Å². The topological polar surface area (TPSA) is 32.3 Å². The van der Waals surface area contributed by atoms with Gasteiger partial charge in [0.25, 0.3) is 0 Å². The fraction of sp³-hybridized carbons (Fsp3) is 0.929. The van der Waals surface area contributed by atoms with Crippen LogP contribution in [0.25, 0.3) is 0 Å². The minimum atomic E-state index is 0.341. The fourth-order valence-electron chi connectivity index (χ4n) is 2.68. The van der Waals surface area contributed by atoms with Gasteiger partial charge in [0.05, 0.1) is 0 Å². The number of nitrogens with zero attached hydrogens (tertiary/aromatic N) is 1. The van der Waals surface area contributed by atoms with Crippen LogP contribution in [0.2, 0.25) is 0 Å². The summed E-state index contributed by atoms with van der Waals surface area (Å²) in [7, 11) is 0. The molecule has 1 rings (SSSR count). The number of rotatable bonds is 5. The van der Waals surface area contributed by atoms with E-state index in [1.54, 1.807) is 0 Å². The zero-order valence-corrected chi connectivity index (χ0v) is 11.8. The maximum absolute atomic E-state index is 12.0. The van der Waals surface area contributed by atoms with Gasteiger partial charge in [0.2, 0.25) is 5.91 Å². The summed E-state index contributed by atoms with van der Waals surface area (Å²) in [6.07, 6.45) is 2.96. The van der Waals surface area contributed by atoms with E-state index in [2.05, 4.69) is 37.9 Å². The van der Waals surface area contributed by atoms with Gasteiger partial charge >= 0.3 is 0 Å². The van der Waals surface area contributed by atoms with Crippen LogP contribution in [0.3, 0.4) is 0 Å². The zero-order chi connectivity index (χ0) is 12.8. The average Bonchev–Trinajstić information content (AvgIpc) is 2.29. The van der Waals surface area contributed by atoms with E-state index < -0.39 is 0 Å². The van der Waals surface area contributed by atoms with Gasteiger partial charge in [-0.2, -0.15) is 0 Å². The van der Waals surface area contributed by atoms with Crippen LogP contribution >= 0.6 is 0 Å². The van der Waals surface area contributed by atoms with E-state index in [-0.39, 0.29) is 0 Å². The molecule has 3 nitrogen and oxygen atoms in total. The van der Waals surface area contributed by atoms with Gasteiger partial charge in [-0.3, -0.25) is 4.79 Å². The summed E-state index contributed by atoms with van der Waals surface area (Å²) in [5.74, 6) is 1.43. The predicted molar refractivity (Wildman–Crippen MR) is 71.9 cm³/mol. The Hall–Kier alpha value is -0.570. The molecule has 0 aromatic rings. The number of hydrogen-bond donors (Lipinski definition) is 1. The van der Waals surface area contributed by atoms with Gasteiger partial charge in [0.1, 0.15) is 0 Å². The van der Waals surface area contributed by atoms with Crippen molar-refractivity contribution in [1.82, 2.24) is 10.2 Å². The lowest BCUT2D eigenvalue weighted by molar-refractivity contribution is -0.134. The highest BCUT2D eigenvalue weighted by Crippen LogP contribution is 2.21. The SMILES string of the molecule is CCNC1CCN(C(=O)CC(C)C)CC1CC. The Kier molecular flexibility index (Phi) is 5.96. The van der Waals surface area contributed by atoms with Gasteiger partial charge < -0.3 is 10.2 Å². The molecule has 3 heteroatoms. The van der Waals surface area contributed by atoms with Crippen LogP contribution in [0.5, 0.6) is 0 Å². The van der Waals surface area contributed by atoms with Crippen LogP contribution in [-0.4, -0.2) is 36.5 Å². The van der Waals surface area contributed by atoms with Crippen molar-refractivity contribution >= 4 is 5.91 Å². The monoisotopic (exact) mass is 240 g/mol. The predicted octanol–water partition coefficient (Wildman–Crippen LogP) is 2.27. The van der Waals surface area contributed by atoms with E-state index in [0.717, 1.165) is 32.5 Å². The highest BCUT2D eigenvalue weighted by atomic mass is 16.2. The quantitative estimate of drug-likeness (QED) is 0.799. The Balaban J connectivity index is 2.49. The van der Waals surface area contributed by atoms with Crippen LogP contribution < -0.4 is 5.32 Å². The minimum absolute atomic E-state index is 0.341. The van der Waals surface area contributed by atoms with Crippen molar-refractivity contribution < 1.29 is 4.79 Å². The molecular formula is C14H28N2O. The second-order valence-electron chi connectivity index (χ2n) is 5.56. The van der Waals surface area contributed by atoms with Crippen LogP contribution in [0.4, 0.5) is 0 Å². The van der Waals surface area contributed by atoms with Gasteiger partial charge in [-0.1, -0.05) is 34.1 Å². The molecule has 0 aromatic carbocycles. The molecule has 0 aromatic heterocycles. The van der Waals surface area contributed by atoms with Crippen molar-refractivity contribution in [2.45, 2.75) is 53.0 Å². The number of carbonyl (C=O) groups excluding carboxylic acids is 1. The molecule has 17 heavy (non-hydrogen) atoms. The summed E-state index contributed by atoms with van der Waals surface area (Å²) < 4.78 is 0. The first-order valence-corrected chi connectivity index (χ1v) is 7.09. The second kappa shape index (κ2) is 7.00. The van der Waals surface area contributed by atoms with E-state index in [1.807, 2.05) is 0 Å². The van der Waals surface area contributed by atoms with E-state index in [4.69, 9.17) is 0 Å². The Morgan fingerprint density at radius 3 is 2.65 bits per heavy atom. The van der Waals surface area contributed by atoms with Crippen molar-refractivity contribution in [3.05, 3.63) is 0 Å². The van der Waals surface area contributed by atoms with Gasteiger partial charge in [-0.25, -0.2) is 0 Å². The van der Waals surface area contributed by atoms with Gasteiger partial charge in [0.15, 0.2) is 0 Å². The number of carbonyl (C=O) groups is 1. The van der Waals surface area contributed by atoms with Gasteiger partial charge in [-0.15, -0.1) is 0 Å². The van der Waals surface area contributed by atoms with Crippen LogP contribution in [0, 0.1) is 11.8 Å². The van der Waals surface area contributed by atoms with E-state index in [9.17, 15) is 4.79 Å². The number of piperidine rings is 1. The normalized spacial score (nSPS) is 25.4. The molecule has 0 bridgehead atoms. The van der Waals surface area contributed by atoms with Crippen LogP contribution in [-0.2, 0) is 4.79 Å². The summed E-state index contributed by atoms with van der Waals surface area (Å²) in [5, 5.41) is 3.55. The largest absolute Gasteiger partial charge is 0.342 e. The maximum Gasteiger partial charge on any atom is 0.222 e. The molecule has 0 saturated carbocycles. The maximum atomic E-state index is 12.0. The molecular weight excluding hydrogens is 212 g/mol. The smallest absolute Gasteiger partial charge is 0.222 e. The van der Waals surface area contributed by atoms with Gasteiger partial charge in [-0.05, 0) is 24.8 Å². The average molecular weight is 240 g/mol. The Morgan fingerprint density at radius 1 is 1.41 bits per heavy atom. The van der Waals surface area contributed by atoms with Crippen LogP contribution in [0.15, 0.2) is 0 Å². The molecule has 1 N–H and O–H groups in total. The first kappa shape index (κ1) is 14.5. The first-order valence-electron chi connectivity index (χ1n) is 7.09. The van der Waals surface area contributed by atoms with Gasteiger partial charge in [0, 0.05) is 25.6 Å².